The predicted molar refractivity (Wildman–Crippen MR) is 242 cm³/mol. The molecule has 54 heavy (non-hydrogen) atoms. The maximum atomic E-state index is 2.22. The van der Waals surface area contributed by atoms with Gasteiger partial charge in [-0.1, -0.05) is 235 Å². The molecule has 7 aromatic carbocycles. The molecule has 0 nitrogen and oxygen atoms in total. The lowest BCUT2D eigenvalue weighted by Gasteiger charge is -2.16. The maximum Gasteiger partial charge on any atom is -0.00735 e. The molecule has 0 bridgehead atoms. The van der Waals surface area contributed by atoms with Crippen molar-refractivity contribution in [2.24, 2.45) is 11.8 Å². The highest BCUT2D eigenvalue weighted by Crippen LogP contribution is 2.37. The summed E-state index contributed by atoms with van der Waals surface area (Å²) in [5, 5.41) is 2.64. The zero-order chi connectivity index (χ0) is 39.3. The van der Waals surface area contributed by atoms with Crippen molar-refractivity contribution in [3.8, 4) is 33.4 Å². The Hall–Kier alpha value is -5.20. The third-order valence-corrected chi connectivity index (χ3v) is 9.44. The zero-order valence-electron chi connectivity index (χ0n) is 34.7. The second-order valence-electron chi connectivity index (χ2n) is 14.9. The van der Waals surface area contributed by atoms with Crippen LogP contribution in [0, 0.1) is 39.5 Å². The number of aryl methyl sites for hydroxylation is 4. The monoisotopic (exact) mass is 713 g/mol. The van der Waals surface area contributed by atoms with Crippen LogP contribution in [-0.4, -0.2) is 0 Å². The van der Waals surface area contributed by atoms with Gasteiger partial charge in [-0.25, -0.2) is 0 Å². The van der Waals surface area contributed by atoms with Crippen LogP contribution in [-0.2, 0) is 0 Å². The average molecular weight is 713 g/mol. The molecule has 0 radical (unpaired) electrons. The molecule has 0 heteroatoms. The summed E-state index contributed by atoms with van der Waals surface area (Å²) in [6.45, 7) is 21.9. The van der Waals surface area contributed by atoms with E-state index in [4.69, 9.17) is 0 Å². The molecule has 0 amide bonds. The van der Waals surface area contributed by atoms with Crippen molar-refractivity contribution < 1.29 is 0 Å². The summed E-state index contributed by atoms with van der Waals surface area (Å²) in [7, 11) is 0. The van der Waals surface area contributed by atoms with Crippen LogP contribution in [0.15, 0.2) is 170 Å². The standard InChI is InChI=1S/C20H18.C13H12.C11H10.2C5H12/c1-15-13-14-16(2)20(18-11-7-4-8-12-18)19(15)17-9-5-3-6-10-17;1-11-7-9-13(10-8-11)12-5-3-2-4-6-12;1-9-6-7-10-4-2-3-5-11(10)8-9;2*1-4-5(2)3/h3-14H,1-2H3;2-10H,1H3;2-8H,1H3;2*5H,4H2,1-3H3. The second-order valence-corrected chi connectivity index (χ2v) is 14.9. The third kappa shape index (κ3) is 14.7. The van der Waals surface area contributed by atoms with E-state index < -0.39 is 0 Å². The van der Waals surface area contributed by atoms with Crippen molar-refractivity contribution in [3.63, 3.8) is 0 Å². The van der Waals surface area contributed by atoms with Gasteiger partial charge < -0.3 is 0 Å². The molecule has 0 heterocycles. The van der Waals surface area contributed by atoms with E-state index in [0.717, 1.165) is 11.8 Å². The summed E-state index contributed by atoms with van der Waals surface area (Å²) in [6, 6.07) is 59.7. The summed E-state index contributed by atoms with van der Waals surface area (Å²) < 4.78 is 0. The Kier molecular flexibility index (Phi) is 18.8. The van der Waals surface area contributed by atoms with Gasteiger partial charge in [0.1, 0.15) is 0 Å². The molecular formula is C54H64. The van der Waals surface area contributed by atoms with Gasteiger partial charge in [-0.2, -0.15) is 0 Å². The van der Waals surface area contributed by atoms with E-state index in [1.165, 1.54) is 79.2 Å². The highest BCUT2D eigenvalue weighted by Gasteiger charge is 2.12. The lowest BCUT2D eigenvalue weighted by molar-refractivity contribution is 0.626. The maximum absolute atomic E-state index is 2.22. The van der Waals surface area contributed by atoms with E-state index in [2.05, 4.69) is 233 Å². The molecule has 0 aliphatic heterocycles. The van der Waals surface area contributed by atoms with Crippen LogP contribution in [0.4, 0.5) is 0 Å². The number of benzene rings is 7. The summed E-state index contributed by atoms with van der Waals surface area (Å²) in [5.74, 6) is 1.77. The topological polar surface area (TPSA) is 0 Å². The quantitative estimate of drug-likeness (QED) is 0.167. The van der Waals surface area contributed by atoms with Crippen molar-refractivity contribution in [2.45, 2.75) is 82.1 Å². The molecule has 0 atom stereocenters. The van der Waals surface area contributed by atoms with Gasteiger partial charge in [-0.3, -0.25) is 0 Å². The number of rotatable bonds is 5. The van der Waals surface area contributed by atoms with Crippen molar-refractivity contribution >= 4 is 10.8 Å². The van der Waals surface area contributed by atoms with Gasteiger partial charge in [0.25, 0.3) is 0 Å². The zero-order valence-corrected chi connectivity index (χ0v) is 34.7. The van der Waals surface area contributed by atoms with E-state index in [1.807, 2.05) is 6.07 Å². The summed E-state index contributed by atoms with van der Waals surface area (Å²) in [6.07, 6.45) is 2.61. The molecule has 280 valence electrons. The lowest BCUT2D eigenvalue weighted by atomic mass is 9.88. The van der Waals surface area contributed by atoms with E-state index in [0.29, 0.717) is 0 Å². The minimum atomic E-state index is 0.884. The largest absolute Gasteiger partial charge is 0.0651 e. The van der Waals surface area contributed by atoms with Crippen molar-refractivity contribution in [2.75, 3.05) is 0 Å². The fourth-order valence-electron chi connectivity index (χ4n) is 5.45. The van der Waals surface area contributed by atoms with Gasteiger partial charge in [0, 0.05) is 0 Å². The van der Waals surface area contributed by atoms with E-state index in [1.54, 1.807) is 0 Å². The number of hydrogen-bond donors (Lipinski definition) is 0. The lowest BCUT2D eigenvalue weighted by Crippen LogP contribution is -1.92. The Morgan fingerprint density at radius 2 is 0.667 bits per heavy atom. The SMILES string of the molecule is CCC(C)C.CCC(C)C.Cc1ccc(-c2ccccc2)cc1.Cc1ccc(C)c(-c2ccccc2)c1-c1ccccc1.Cc1ccc2ccccc2c1. The first kappa shape index (κ1) is 43.2. The van der Waals surface area contributed by atoms with Crippen LogP contribution in [0.3, 0.4) is 0 Å². The van der Waals surface area contributed by atoms with Gasteiger partial charge >= 0.3 is 0 Å². The Bertz CT molecular complexity index is 1960. The molecule has 0 aromatic heterocycles. The second kappa shape index (κ2) is 23.5. The molecule has 0 aliphatic carbocycles. The molecule has 7 aromatic rings. The number of fused-ring (bicyclic) bond motifs is 1. The molecular weight excluding hydrogens is 649 g/mol. The van der Waals surface area contributed by atoms with Crippen molar-refractivity contribution in [1.29, 1.82) is 0 Å². The predicted octanol–water partition coefficient (Wildman–Crippen LogP) is 16.6. The van der Waals surface area contributed by atoms with Gasteiger partial charge in [0.2, 0.25) is 0 Å². The Labute approximate surface area is 329 Å². The molecule has 0 saturated carbocycles. The summed E-state index contributed by atoms with van der Waals surface area (Å²) in [5.41, 5.74) is 13.1. The van der Waals surface area contributed by atoms with Crippen LogP contribution in [0.1, 0.15) is 76.6 Å². The molecule has 0 saturated heterocycles. The van der Waals surface area contributed by atoms with Crippen LogP contribution >= 0.6 is 0 Å². The first-order chi connectivity index (χ1) is 26.0. The normalized spacial score (nSPS) is 10.1. The third-order valence-electron chi connectivity index (χ3n) is 9.44. The summed E-state index contributed by atoms with van der Waals surface area (Å²) in [4.78, 5) is 0. The van der Waals surface area contributed by atoms with Gasteiger partial charge in [-0.15, -0.1) is 0 Å². The molecule has 0 aliphatic rings. The highest BCUT2D eigenvalue weighted by atomic mass is 14.2. The average Bonchev–Trinajstić information content (AvgIpc) is 3.21. The minimum absolute atomic E-state index is 0.884. The first-order valence-electron chi connectivity index (χ1n) is 19.8. The van der Waals surface area contributed by atoms with Gasteiger partial charge in [0.15, 0.2) is 0 Å². The highest BCUT2D eigenvalue weighted by molar-refractivity contribution is 5.87. The molecule has 0 fully saturated rings. The van der Waals surface area contributed by atoms with Crippen LogP contribution < -0.4 is 0 Å². The van der Waals surface area contributed by atoms with Gasteiger partial charge in [-0.05, 0) is 94.8 Å². The Balaban J connectivity index is 0.000000200. The van der Waals surface area contributed by atoms with Crippen LogP contribution in [0.5, 0.6) is 0 Å². The van der Waals surface area contributed by atoms with E-state index >= 15 is 0 Å². The fraction of sp³-hybridized carbons (Fsp3) is 0.259. The number of hydrogen-bond acceptors (Lipinski definition) is 0. The van der Waals surface area contributed by atoms with E-state index in [9.17, 15) is 0 Å². The Morgan fingerprint density at radius 1 is 0.333 bits per heavy atom. The van der Waals surface area contributed by atoms with Crippen LogP contribution in [0.2, 0.25) is 0 Å². The van der Waals surface area contributed by atoms with Crippen LogP contribution in [0.25, 0.3) is 44.2 Å². The smallest absolute Gasteiger partial charge is 0.00735 e. The van der Waals surface area contributed by atoms with Crippen molar-refractivity contribution in [3.05, 3.63) is 192 Å². The minimum Gasteiger partial charge on any atom is -0.0651 e. The first-order valence-corrected chi connectivity index (χ1v) is 19.8. The van der Waals surface area contributed by atoms with E-state index in [-0.39, 0.29) is 0 Å². The molecule has 0 unspecified atom stereocenters. The molecule has 0 N–H and O–H groups in total. The summed E-state index contributed by atoms with van der Waals surface area (Å²) >= 11 is 0. The Morgan fingerprint density at radius 3 is 1.07 bits per heavy atom. The van der Waals surface area contributed by atoms with Gasteiger partial charge in [0.05, 0.1) is 0 Å². The fourth-order valence-corrected chi connectivity index (χ4v) is 5.45. The molecule has 0 spiro atoms. The van der Waals surface area contributed by atoms with Crippen molar-refractivity contribution in [1.82, 2.24) is 0 Å². The molecule has 7 rings (SSSR count).